The predicted octanol–water partition coefficient (Wildman–Crippen LogP) is 4.33. The first kappa shape index (κ1) is 12.7. The van der Waals surface area contributed by atoms with Gasteiger partial charge in [-0.3, -0.25) is 4.79 Å². The summed E-state index contributed by atoms with van der Waals surface area (Å²) >= 11 is 6.12. The molecule has 1 N–H and O–H groups in total. The fourth-order valence-electron chi connectivity index (χ4n) is 2.44. The van der Waals surface area contributed by atoms with Gasteiger partial charge in [0.25, 0.3) is 0 Å². The van der Waals surface area contributed by atoms with Crippen molar-refractivity contribution in [1.29, 1.82) is 0 Å². The molecule has 2 nitrogen and oxygen atoms in total. The van der Waals surface area contributed by atoms with Crippen LogP contribution < -0.4 is 5.32 Å². The van der Waals surface area contributed by atoms with Gasteiger partial charge >= 0.3 is 0 Å². The van der Waals surface area contributed by atoms with Gasteiger partial charge in [-0.1, -0.05) is 23.2 Å². The van der Waals surface area contributed by atoms with Crippen LogP contribution in [-0.4, -0.2) is 5.91 Å². The largest absolute Gasteiger partial charge is 0.321 e. The van der Waals surface area contributed by atoms with Crippen molar-refractivity contribution in [3.63, 3.8) is 0 Å². The molecule has 0 aliphatic heterocycles. The highest BCUT2D eigenvalue weighted by molar-refractivity contribution is 6.33. The Kier molecular flexibility index (Phi) is 3.36. The van der Waals surface area contributed by atoms with Gasteiger partial charge in [-0.15, -0.1) is 0 Å². The number of anilines is 1. The van der Waals surface area contributed by atoms with Crippen LogP contribution in [0.4, 0.5) is 5.69 Å². The Morgan fingerprint density at radius 1 is 1.26 bits per heavy atom. The molecule has 0 spiro atoms. The molecule has 19 heavy (non-hydrogen) atoms. The van der Waals surface area contributed by atoms with E-state index in [0.717, 1.165) is 5.56 Å². The van der Waals surface area contributed by atoms with Gasteiger partial charge in [-0.05, 0) is 62.1 Å². The monoisotopic (exact) mass is 275 g/mol. The Balaban J connectivity index is 1.71. The predicted molar refractivity (Wildman–Crippen MR) is 78.3 cm³/mol. The zero-order valence-electron chi connectivity index (χ0n) is 11.1. The van der Waals surface area contributed by atoms with Gasteiger partial charge < -0.3 is 5.32 Å². The SMILES string of the molecule is Cc1ccc(NC(=O)C=C(C2CC2)C2CC2)c(Cl)c1. The summed E-state index contributed by atoms with van der Waals surface area (Å²) in [6.07, 6.45) is 6.81. The molecular weight excluding hydrogens is 258 g/mol. The number of nitrogens with one attached hydrogen (secondary N) is 1. The first-order chi connectivity index (χ1) is 9.13. The fourth-order valence-corrected chi connectivity index (χ4v) is 2.73. The van der Waals surface area contributed by atoms with Crippen molar-refractivity contribution in [2.45, 2.75) is 32.6 Å². The summed E-state index contributed by atoms with van der Waals surface area (Å²) in [6.45, 7) is 1.98. The van der Waals surface area contributed by atoms with E-state index < -0.39 is 0 Å². The quantitative estimate of drug-likeness (QED) is 0.814. The molecule has 2 aliphatic carbocycles. The number of allylic oxidation sites excluding steroid dienone is 1. The molecule has 2 fully saturated rings. The van der Waals surface area contributed by atoms with Crippen LogP contribution in [0.2, 0.25) is 5.02 Å². The lowest BCUT2D eigenvalue weighted by atomic mass is 10.1. The first-order valence-electron chi connectivity index (χ1n) is 6.92. The molecular formula is C16H18ClNO. The van der Waals surface area contributed by atoms with Crippen molar-refractivity contribution in [3.05, 3.63) is 40.4 Å². The normalized spacial score (nSPS) is 18.0. The number of hydrogen-bond donors (Lipinski definition) is 1. The molecule has 0 bridgehead atoms. The zero-order chi connectivity index (χ0) is 13.4. The number of carbonyl (C=O) groups is 1. The van der Waals surface area contributed by atoms with Gasteiger partial charge in [0.15, 0.2) is 0 Å². The van der Waals surface area contributed by atoms with Gasteiger partial charge in [0.1, 0.15) is 0 Å². The number of rotatable bonds is 4. The maximum atomic E-state index is 12.1. The van der Waals surface area contributed by atoms with Gasteiger partial charge in [-0.2, -0.15) is 0 Å². The summed E-state index contributed by atoms with van der Waals surface area (Å²) < 4.78 is 0. The van der Waals surface area contributed by atoms with Crippen molar-refractivity contribution in [1.82, 2.24) is 0 Å². The molecule has 0 heterocycles. The fraction of sp³-hybridized carbons (Fsp3) is 0.438. The minimum atomic E-state index is -0.0421. The van der Waals surface area contributed by atoms with E-state index >= 15 is 0 Å². The third kappa shape index (κ3) is 3.19. The van der Waals surface area contributed by atoms with Crippen LogP contribution in [0.3, 0.4) is 0 Å². The van der Waals surface area contributed by atoms with Crippen molar-refractivity contribution in [2.75, 3.05) is 5.32 Å². The topological polar surface area (TPSA) is 29.1 Å². The van der Waals surface area contributed by atoms with E-state index in [1.807, 2.05) is 31.2 Å². The van der Waals surface area contributed by atoms with Crippen molar-refractivity contribution >= 4 is 23.2 Å². The maximum absolute atomic E-state index is 12.1. The number of benzene rings is 1. The van der Waals surface area contributed by atoms with Gasteiger partial charge in [0.2, 0.25) is 5.91 Å². The summed E-state index contributed by atoms with van der Waals surface area (Å²) in [6, 6.07) is 5.68. The number of carbonyl (C=O) groups excluding carboxylic acids is 1. The third-order valence-corrected chi connectivity index (χ3v) is 4.09. The summed E-state index contributed by atoms with van der Waals surface area (Å²) in [4.78, 5) is 12.1. The zero-order valence-corrected chi connectivity index (χ0v) is 11.8. The van der Waals surface area contributed by atoms with Crippen LogP contribution in [-0.2, 0) is 4.79 Å². The Morgan fingerprint density at radius 2 is 1.89 bits per heavy atom. The van der Waals surface area contributed by atoms with E-state index in [0.29, 0.717) is 22.5 Å². The van der Waals surface area contributed by atoms with Gasteiger partial charge in [-0.25, -0.2) is 0 Å². The van der Waals surface area contributed by atoms with Crippen molar-refractivity contribution in [2.24, 2.45) is 11.8 Å². The second kappa shape index (κ2) is 5.01. The number of aryl methyl sites for hydroxylation is 1. The van der Waals surface area contributed by atoms with Crippen LogP contribution in [0.15, 0.2) is 29.8 Å². The molecule has 1 amide bonds. The molecule has 0 atom stereocenters. The van der Waals surface area contributed by atoms with Crippen LogP contribution in [0.1, 0.15) is 31.2 Å². The lowest BCUT2D eigenvalue weighted by molar-refractivity contribution is -0.112. The average molecular weight is 276 g/mol. The number of hydrogen-bond acceptors (Lipinski definition) is 1. The molecule has 1 aromatic rings. The molecule has 3 rings (SSSR count). The Hall–Kier alpha value is -1.28. The van der Waals surface area contributed by atoms with E-state index in [9.17, 15) is 4.79 Å². The first-order valence-corrected chi connectivity index (χ1v) is 7.30. The Bertz CT molecular complexity index is 528. The highest BCUT2D eigenvalue weighted by Gasteiger charge is 2.36. The van der Waals surface area contributed by atoms with E-state index in [1.165, 1.54) is 31.3 Å². The van der Waals surface area contributed by atoms with Crippen LogP contribution in [0, 0.1) is 18.8 Å². The lowest BCUT2D eigenvalue weighted by Crippen LogP contribution is -2.10. The molecule has 0 radical (unpaired) electrons. The number of amides is 1. The molecule has 100 valence electrons. The van der Waals surface area contributed by atoms with Crippen molar-refractivity contribution < 1.29 is 4.79 Å². The van der Waals surface area contributed by atoms with E-state index in [2.05, 4.69) is 5.32 Å². The summed E-state index contributed by atoms with van der Waals surface area (Å²) in [7, 11) is 0. The van der Waals surface area contributed by atoms with Gasteiger partial charge in [0.05, 0.1) is 10.7 Å². The van der Waals surface area contributed by atoms with Crippen LogP contribution in [0.5, 0.6) is 0 Å². The Morgan fingerprint density at radius 3 is 2.42 bits per heavy atom. The second-order valence-electron chi connectivity index (χ2n) is 5.67. The summed E-state index contributed by atoms with van der Waals surface area (Å²) in [5.41, 5.74) is 3.15. The molecule has 0 saturated heterocycles. The standard InChI is InChI=1S/C16H18ClNO/c1-10-2-7-15(14(17)8-10)18-16(19)9-13(11-3-4-11)12-5-6-12/h2,7-9,11-12H,3-6H2,1H3,(H,18,19). The summed E-state index contributed by atoms with van der Waals surface area (Å²) in [5.74, 6) is 1.30. The molecule has 3 heteroatoms. The Labute approximate surface area is 118 Å². The maximum Gasteiger partial charge on any atom is 0.248 e. The summed E-state index contributed by atoms with van der Waals surface area (Å²) in [5, 5.41) is 3.48. The van der Waals surface area contributed by atoms with Crippen LogP contribution >= 0.6 is 11.6 Å². The van der Waals surface area contributed by atoms with Gasteiger partial charge in [0, 0.05) is 6.08 Å². The number of halogens is 1. The highest BCUT2D eigenvalue weighted by Crippen LogP contribution is 2.48. The molecule has 0 unspecified atom stereocenters. The van der Waals surface area contributed by atoms with E-state index in [1.54, 1.807) is 0 Å². The molecule has 2 saturated carbocycles. The van der Waals surface area contributed by atoms with Crippen molar-refractivity contribution in [3.8, 4) is 0 Å². The minimum Gasteiger partial charge on any atom is -0.321 e. The van der Waals surface area contributed by atoms with Crippen LogP contribution in [0.25, 0.3) is 0 Å². The smallest absolute Gasteiger partial charge is 0.248 e. The minimum absolute atomic E-state index is 0.0421. The highest BCUT2D eigenvalue weighted by atomic mass is 35.5. The molecule has 1 aromatic carbocycles. The van der Waals surface area contributed by atoms with E-state index in [-0.39, 0.29) is 5.91 Å². The second-order valence-corrected chi connectivity index (χ2v) is 6.07. The average Bonchev–Trinajstić information content (AvgIpc) is 3.24. The van der Waals surface area contributed by atoms with E-state index in [4.69, 9.17) is 11.6 Å². The third-order valence-electron chi connectivity index (χ3n) is 3.78. The molecule has 2 aliphatic rings. The lowest BCUT2D eigenvalue weighted by Gasteiger charge is -2.08. The molecule has 0 aromatic heterocycles.